The second kappa shape index (κ2) is 5.87. The molecule has 0 aromatic carbocycles. The summed E-state index contributed by atoms with van der Waals surface area (Å²) in [6, 6.07) is 3.09. The van der Waals surface area contributed by atoms with E-state index in [1.165, 1.54) is 6.07 Å². The Balaban J connectivity index is 2.32. The van der Waals surface area contributed by atoms with Gasteiger partial charge in [0.2, 0.25) is 0 Å². The largest absolute Gasteiger partial charge is 0.398 e. The third-order valence-electron chi connectivity index (χ3n) is 2.48. The maximum atomic E-state index is 11.4. The molecule has 96 valence electrons. The van der Waals surface area contributed by atoms with Gasteiger partial charge in [-0.3, -0.25) is 4.79 Å². The molecule has 0 aliphatic rings. The number of nitrogens with zero attached hydrogens (tertiary/aromatic N) is 1. The number of ether oxygens (including phenoxy) is 1. The van der Waals surface area contributed by atoms with Crippen molar-refractivity contribution in [2.24, 2.45) is 5.41 Å². The minimum Gasteiger partial charge on any atom is -0.398 e. The Hall–Kier alpha value is -1.29. The van der Waals surface area contributed by atoms with Gasteiger partial charge in [-0.15, -0.1) is 0 Å². The molecule has 0 amide bonds. The van der Waals surface area contributed by atoms with Crippen LogP contribution in [0.25, 0.3) is 0 Å². The predicted molar refractivity (Wildman–Crippen MR) is 70.0 cm³/mol. The van der Waals surface area contributed by atoms with Crippen LogP contribution < -0.4 is 11.3 Å². The fourth-order valence-electron chi connectivity index (χ4n) is 1.37. The number of rotatable bonds is 5. The van der Waals surface area contributed by atoms with Gasteiger partial charge in [0.1, 0.15) is 0 Å². The first-order chi connectivity index (χ1) is 7.88. The minimum atomic E-state index is -0.0429. The number of nitrogens with two attached hydrogens (primary N) is 1. The number of hydrogen-bond acceptors (Lipinski definition) is 3. The van der Waals surface area contributed by atoms with Crippen LogP contribution in [0.3, 0.4) is 0 Å². The number of nitrogen functional groups attached to an aromatic ring is 1. The average Bonchev–Trinajstić information content (AvgIpc) is 2.21. The SMILES string of the molecule is CC(C)(C)CCOCCn1cc(N)ccc1=O. The number of hydrogen-bond donors (Lipinski definition) is 1. The molecule has 0 unspecified atom stereocenters. The highest BCUT2D eigenvalue weighted by atomic mass is 16.5. The Morgan fingerprint density at radius 3 is 2.65 bits per heavy atom. The summed E-state index contributed by atoms with van der Waals surface area (Å²) in [5, 5.41) is 0. The van der Waals surface area contributed by atoms with E-state index in [1.54, 1.807) is 16.8 Å². The van der Waals surface area contributed by atoms with E-state index in [2.05, 4.69) is 20.8 Å². The molecule has 0 spiro atoms. The lowest BCUT2D eigenvalue weighted by Crippen LogP contribution is -2.22. The highest BCUT2D eigenvalue weighted by Gasteiger charge is 2.09. The van der Waals surface area contributed by atoms with Gasteiger partial charge in [-0.1, -0.05) is 20.8 Å². The van der Waals surface area contributed by atoms with E-state index in [9.17, 15) is 4.79 Å². The Labute approximate surface area is 102 Å². The van der Waals surface area contributed by atoms with Crippen LogP contribution in [0.4, 0.5) is 5.69 Å². The molecular formula is C13H22N2O2. The zero-order valence-electron chi connectivity index (χ0n) is 10.9. The van der Waals surface area contributed by atoms with E-state index in [0.29, 0.717) is 18.8 Å². The molecule has 0 atom stereocenters. The highest BCUT2D eigenvalue weighted by Crippen LogP contribution is 2.17. The summed E-state index contributed by atoms with van der Waals surface area (Å²) >= 11 is 0. The standard InChI is InChI=1S/C13H22N2O2/c1-13(2,3)6-8-17-9-7-15-10-11(14)4-5-12(15)16/h4-5,10H,6-9,14H2,1-3H3. The highest BCUT2D eigenvalue weighted by molar-refractivity contribution is 5.33. The lowest BCUT2D eigenvalue weighted by molar-refractivity contribution is 0.101. The fraction of sp³-hybridized carbons (Fsp3) is 0.615. The normalized spacial score (nSPS) is 11.7. The van der Waals surface area contributed by atoms with Gasteiger partial charge in [-0.25, -0.2) is 0 Å². The average molecular weight is 238 g/mol. The summed E-state index contributed by atoms with van der Waals surface area (Å²) < 4.78 is 7.08. The van der Waals surface area contributed by atoms with Gasteiger partial charge < -0.3 is 15.0 Å². The summed E-state index contributed by atoms with van der Waals surface area (Å²) in [5.41, 5.74) is 6.45. The number of pyridine rings is 1. The zero-order valence-corrected chi connectivity index (χ0v) is 10.9. The summed E-state index contributed by atoms with van der Waals surface area (Å²) in [5.74, 6) is 0. The predicted octanol–water partition coefficient (Wildman–Crippen LogP) is 1.88. The van der Waals surface area contributed by atoms with Crippen molar-refractivity contribution in [1.29, 1.82) is 0 Å². The van der Waals surface area contributed by atoms with Crippen LogP contribution >= 0.6 is 0 Å². The molecule has 2 N–H and O–H groups in total. The van der Waals surface area contributed by atoms with Crippen molar-refractivity contribution in [1.82, 2.24) is 4.57 Å². The molecule has 0 aliphatic carbocycles. The van der Waals surface area contributed by atoms with Crippen molar-refractivity contribution in [2.45, 2.75) is 33.7 Å². The zero-order chi connectivity index (χ0) is 12.9. The van der Waals surface area contributed by atoms with Gasteiger partial charge in [0, 0.05) is 31.1 Å². The maximum absolute atomic E-state index is 11.4. The molecule has 0 aliphatic heterocycles. The molecular weight excluding hydrogens is 216 g/mol. The fourth-order valence-corrected chi connectivity index (χ4v) is 1.37. The summed E-state index contributed by atoms with van der Waals surface area (Å²) in [4.78, 5) is 11.4. The molecule has 4 nitrogen and oxygen atoms in total. The molecule has 4 heteroatoms. The maximum Gasteiger partial charge on any atom is 0.250 e. The third kappa shape index (κ3) is 5.54. The number of anilines is 1. The van der Waals surface area contributed by atoms with Gasteiger partial charge in [0.25, 0.3) is 5.56 Å². The lowest BCUT2D eigenvalue weighted by Gasteiger charge is -2.17. The van der Waals surface area contributed by atoms with Crippen molar-refractivity contribution < 1.29 is 4.74 Å². The molecule has 1 heterocycles. The van der Waals surface area contributed by atoms with E-state index < -0.39 is 0 Å². The molecule has 0 bridgehead atoms. The minimum absolute atomic E-state index is 0.0429. The second-order valence-corrected chi connectivity index (χ2v) is 5.42. The molecule has 0 radical (unpaired) electrons. The number of aromatic nitrogens is 1. The first kappa shape index (κ1) is 13.8. The van der Waals surface area contributed by atoms with Crippen molar-refractivity contribution in [3.05, 3.63) is 28.7 Å². The molecule has 0 saturated heterocycles. The summed E-state index contributed by atoms with van der Waals surface area (Å²) in [6.45, 7) is 8.35. The molecule has 0 saturated carbocycles. The van der Waals surface area contributed by atoms with Crippen LogP contribution in [0.2, 0.25) is 0 Å². The van der Waals surface area contributed by atoms with Crippen molar-refractivity contribution in [3.63, 3.8) is 0 Å². The molecule has 1 rings (SSSR count). The Morgan fingerprint density at radius 1 is 1.29 bits per heavy atom. The molecule has 1 aromatic heterocycles. The van der Waals surface area contributed by atoms with Gasteiger partial charge in [-0.2, -0.15) is 0 Å². The van der Waals surface area contributed by atoms with Crippen molar-refractivity contribution in [3.8, 4) is 0 Å². The van der Waals surface area contributed by atoms with E-state index in [-0.39, 0.29) is 11.0 Å². The van der Waals surface area contributed by atoms with Crippen LogP contribution in [-0.4, -0.2) is 17.8 Å². The van der Waals surface area contributed by atoms with Crippen LogP contribution in [0, 0.1) is 5.41 Å². The first-order valence-electron chi connectivity index (χ1n) is 5.92. The Morgan fingerprint density at radius 2 is 2.00 bits per heavy atom. The van der Waals surface area contributed by atoms with Gasteiger partial charge in [0.05, 0.1) is 6.61 Å². The Bertz CT molecular complexity index is 405. The van der Waals surface area contributed by atoms with Crippen LogP contribution in [0.5, 0.6) is 0 Å². The summed E-state index contributed by atoms with van der Waals surface area (Å²) in [7, 11) is 0. The van der Waals surface area contributed by atoms with Gasteiger partial charge in [0.15, 0.2) is 0 Å². The lowest BCUT2D eigenvalue weighted by atomic mass is 9.93. The van der Waals surface area contributed by atoms with Gasteiger partial charge in [-0.05, 0) is 17.9 Å². The van der Waals surface area contributed by atoms with Crippen LogP contribution in [-0.2, 0) is 11.3 Å². The monoisotopic (exact) mass is 238 g/mol. The van der Waals surface area contributed by atoms with Crippen molar-refractivity contribution in [2.75, 3.05) is 18.9 Å². The Kier molecular flexibility index (Phi) is 4.75. The van der Waals surface area contributed by atoms with E-state index in [4.69, 9.17) is 10.5 Å². The van der Waals surface area contributed by atoms with Crippen LogP contribution in [0.15, 0.2) is 23.1 Å². The van der Waals surface area contributed by atoms with E-state index in [0.717, 1.165) is 13.0 Å². The smallest absolute Gasteiger partial charge is 0.250 e. The second-order valence-electron chi connectivity index (χ2n) is 5.42. The van der Waals surface area contributed by atoms with E-state index >= 15 is 0 Å². The first-order valence-corrected chi connectivity index (χ1v) is 5.92. The molecule has 0 fully saturated rings. The third-order valence-corrected chi connectivity index (χ3v) is 2.48. The van der Waals surface area contributed by atoms with Crippen LogP contribution in [0.1, 0.15) is 27.2 Å². The summed E-state index contributed by atoms with van der Waals surface area (Å²) in [6.07, 6.45) is 2.66. The topological polar surface area (TPSA) is 57.2 Å². The quantitative estimate of drug-likeness (QED) is 0.797. The molecule has 17 heavy (non-hydrogen) atoms. The molecule has 1 aromatic rings. The van der Waals surface area contributed by atoms with E-state index in [1.807, 2.05) is 0 Å². The van der Waals surface area contributed by atoms with Gasteiger partial charge >= 0.3 is 0 Å². The van der Waals surface area contributed by atoms with Crippen molar-refractivity contribution >= 4 is 5.69 Å².